The van der Waals surface area contributed by atoms with Crippen molar-refractivity contribution in [2.24, 2.45) is 11.1 Å². The van der Waals surface area contributed by atoms with E-state index in [1.54, 1.807) is 41.3 Å². The summed E-state index contributed by atoms with van der Waals surface area (Å²) in [6, 6.07) is 19.6. The minimum Gasteiger partial charge on any atom is -0.454 e. The van der Waals surface area contributed by atoms with Crippen LogP contribution in [0.2, 0.25) is 5.02 Å². The van der Waals surface area contributed by atoms with Gasteiger partial charge in [-0.2, -0.15) is 0 Å². The Kier molecular flexibility index (Phi) is 8.21. The number of hydrogen-bond donors (Lipinski definition) is 2. The van der Waals surface area contributed by atoms with Crippen molar-refractivity contribution >= 4 is 29.3 Å². The van der Waals surface area contributed by atoms with Gasteiger partial charge in [0.25, 0.3) is 5.91 Å². The van der Waals surface area contributed by atoms with Gasteiger partial charge in [0.1, 0.15) is 6.61 Å². The van der Waals surface area contributed by atoms with Crippen LogP contribution >= 0.6 is 11.6 Å². The second-order valence-corrected chi connectivity index (χ2v) is 10.00. The molecule has 3 aromatic rings. The Morgan fingerprint density at radius 1 is 1.05 bits per heavy atom. The normalized spacial score (nSPS) is 12.2. The maximum atomic E-state index is 13.6. The van der Waals surface area contributed by atoms with E-state index in [4.69, 9.17) is 31.5 Å². The van der Waals surface area contributed by atoms with Gasteiger partial charge in [0, 0.05) is 29.4 Å². The minimum atomic E-state index is -0.588. The standard InChI is InChI=1S/C28H30ClN3O5/c1-28(2,16-30)17-32(26(33)20-8-11-24-25(13-20)37-18-36-24)14-21-12-22(9-10-23(21)29)31-27(34)35-15-19-6-4-3-5-7-19/h3-13H,14-18,30H2,1-2H3,(H,31,34). The Morgan fingerprint density at radius 3 is 2.57 bits per heavy atom. The first-order chi connectivity index (χ1) is 17.7. The number of nitrogens with zero attached hydrogens (tertiary/aromatic N) is 1. The molecule has 0 radical (unpaired) electrons. The van der Waals surface area contributed by atoms with Crippen molar-refractivity contribution in [3.8, 4) is 11.5 Å². The van der Waals surface area contributed by atoms with E-state index in [1.165, 1.54) is 0 Å². The molecule has 8 nitrogen and oxygen atoms in total. The Morgan fingerprint density at radius 2 is 1.81 bits per heavy atom. The number of hydrogen-bond acceptors (Lipinski definition) is 6. The summed E-state index contributed by atoms with van der Waals surface area (Å²) >= 11 is 6.51. The molecule has 9 heteroatoms. The summed E-state index contributed by atoms with van der Waals surface area (Å²) in [5.41, 5.74) is 8.17. The number of amides is 2. The van der Waals surface area contributed by atoms with E-state index < -0.39 is 6.09 Å². The van der Waals surface area contributed by atoms with Crippen LogP contribution in [0.25, 0.3) is 0 Å². The number of rotatable bonds is 9. The first kappa shape index (κ1) is 26.3. The van der Waals surface area contributed by atoms with Gasteiger partial charge in [0.15, 0.2) is 11.5 Å². The van der Waals surface area contributed by atoms with Gasteiger partial charge in [-0.25, -0.2) is 4.79 Å². The van der Waals surface area contributed by atoms with Crippen molar-refractivity contribution in [1.29, 1.82) is 0 Å². The summed E-state index contributed by atoms with van der Waals surface area (Å²) in [4.78, 5) is 27.6. The van der Waals surface area contributed by atoms with Crippen molar-refractivity contribution in [2.75, 3.05) is 25.2 Å². The smallest absolute Gasteiger partial charge is 0.411 e. The molecule has 0 saturated heterocycles. The summed E-state index contributed by atoms with van der Waals surface area (Å²) < 4.78 is 16.1. The first-order valence-corrected chi connectivity index (χ1v) is 12.3. The Balaban J connectivity index is 1.50. The highest BCUT2D eigenvalue weighted by atomic mass is 35.5. The molecule has 0 bridgehead atoms. The molecule has 0 spiro atoms. The average Bonchev–Trinajstić information content (AvgIpc) is 3.37. The molecule has 1 aliphatic heterocycles. The van der Waals surface area contributed by atoms with E-state index in [1.807, 2.05) is 44.2 Å². The zero-order chi connectivity index (χ0) is 26.4. The van der Waals surface area contributed by atoms with Gasteiger partial charge < -0.3 is 24.8 Å². The third-order valence-electron chi connectivity index (χ3n) is 5.94. The van der Waals surface area contributed by atoms with Crippen LogP contribution in [0.1, 0.15) is 35.3 Å². The largest absolute Gasteiger partial charge is 0.454 e. The molecule has 1 aliphatic rings. The minimum absolute atomic E-state index is 0.125. The van der Waals surface area contributed by atoms with E-state index in [9.17, 15) is 9.59 Å². The van der Waals surface area contributed by atoms with E-state index in [0.717, 1.165) is 5.56 Å². The van der Waals surface area contributed by atoms with Crippen LogP contribution in [0.3, 0.4) is 0 Å². The van der Waals surface area contributed by atoms with Crippen molar-refractivity contribution in [1.82, 2.24) is 4.90 Å². The number of carbonyl (C=O) groups excluding carboxylic acids is 2. The molecular formula is C28H30ClN3O5. The number of fused-ring (bicyclic) bond motifs is 1. The lowest BCUT2D eigenvalue weighted by molar-refractivity contribution is 0.0673. The molecule has 4 rings (SSSR count). The molecule has 37 heavy (non-hydrogen) atoms. The summed E-state index contributed by atoms with van der Waals surface area (Å²) in [6.45, 7) is 5.26. The fourth-order valence-corrected chi connectivity index (χ4v) is 4.03. The Hall–Kier alpha value is -3.75. The quantitative estimate of drug-likeness (QED) is 0.387. The van der Waals surface area contributed by atoms with Crippen molar-refractivity contribution in [3.63, 3.8) is 0 Å². The topological polar surface area (TPSA) is 103 Å². The Bertz CT molecular complexity index is 1270. The fourth-order valence-electron chi connectivity index (χ4n) is 3.85. The molecule has 194 valence electrons. The van der Waals surface area contributed by atoms with Gasteiger partial charge in [0.2, 0.25) is 6.79 Å². The van der Waals surface area contributed by atoms with Crippen molar-refractivity contribution < 1.29 is 23.8 Å². The maximum Gasteiger partial charge on any atom is 0.411 e. The predicted molar refractivity (Wildman–Crippen MR) is 142 cm³/mol. The number of ether oxygens (including phenoxy) is 3. The van der Waals surface area contributed by atoms with Gasteiger partial charge in [-0.3, -0.25) is 10.1 Å². The van der Waals surface area contributed by atoms with Crippen molar-refractivity contribution in [3.05, 3.63) is 88.4 Å². The predicted octanol–water partition coefficient (Wildman–Crippen LogP) is 5.44. The van der Waals surface area contributed by atoms with E-state index in [-0.39, 0.29) is 31.3 Å². The van der Waals surface area contributed by atoms with Gasteiger partial charge in [-0.15, -0.1) is 0 Å². The highest BCUT2D eigenvalue weighted by molar-refractivity contribution is 6.31. The fraction of sp³-hybridized carbons (Fsp3) is 0.286. The SMILES string of the molecule is CC(C)(CN)CN(Cc1cc(NC(=O)OCc2ccccc2)ccc1Cl)C(=O)c1ccc2c(c1)OCO2. The summed E-state index contributed by atoms with van der Waals surface area (Å²) in [5, 5.41) is 3.20. The molecular weight excluding hydrogens is 494 g/mol. The van der Waals surface area contributed by atoms with Crippen LogP contribution in [-0.2, 0) is 17.9 Å². The lowest BCUT2D eigenvalue weighted by atomic mass is 9.92. The molecule has 3 N–H and O–H groups in total. The lowest BCUT2D eigenvalue weighted by Gasteiger charge is -2.32. The highest BCUT2D eigenvalue weighted by Gasteiger charge is 2.27. The number of nitrogens with two attached hydrogens (primary N) is 1. The summed E-state index contributed by atoms with van der Waals surface area (Å²) in [5.74, 6) is 0.935. The molecule has 1 heterocycles. The van der Waals surface area contributed by atoms with Crippen LogP contribution in [0, 0.1) is 5.41 Å². The third kappa shape index (κ3) is 6.93. The summed E-state index contributed by atoms with van der Waals surface area (Å²) in [7, 11) is 0. The highest BCUT2D eigenvalue weighted by Crippen LogP contribution is 2.33. The van der Waals surface area contributed by atoms with E-state index in [0.29, 0.717) is 46.4 Å². The molecule has 3 aromatic carbocycles. The lowest BCUT2D eigenvalue weighted by Crippen LogP contribution is -2.41. The maximum absolute atomic E-state index is 13.6. The number of benzene rings is 3. The Labute approximate surface area is 221 Å². The van der Waals surface area contributed by atoms with E-state index >= 15 is 0 Å². The molecule has 0 aliphatic carbocycles. The van der Waals surface area contributed by atoms with Crippen LogP contribution in [0.4, 0.5) is 10.5 Å². The third-order valence-corrected chi connectivity index (χ3v) is 6.31. The average molecular weight is 524 g/mol. The van der Waals surface area contributed by atoms with Gasteiger partial charge in [-0.1, -0.05) is 55.8 Å². The van der Waals surface area contributed by atoms with Gasteiger partial charge in [0.05, 0.1) is 0 Å². The molecule has 0 saturated carbocycles. The second kappa shape index (κ2) is 11.5. The molecule has 0 aromatic heterocycles. The van der Waals surface area contributed by atoms with Crippen LogP contribution < -0.4 is 20.5 Å². The number of carbonyl (C=O) groups is 2. The number of anilines is 1. The second-order valence-electron chi connectivity index (χ2n) is 9.59. The van der Waals surface area contributed by atoms with Crippen LogP contribution in [0.5, 0.6) is 11.5 Å². The number of halogens is 1. The molecule has 0 unspecified atom stereocenters. The molecule has 0 atom stereocenters. The monoisotopic (exact) mass is 523 g/mol. The zero-order valence-electron chi connectivity index (χ0n) is 20.8. The summed E-state index contributed by atoms with van der Waals surface area (Å²) in [6.07, 6.45) is -0.588. The number of nitrogens with one attached hydrogen (secondary N) is 1. The van der Waals surface area contributed by atoms with Crippen LogP contribution in [-0.4, -0.2) is 36.8 Å². The van der Waals surface area contributed by atoms with Crippen LogP contribution in [0.15, 0.2) is 66.7 Å². The molecule has 2 amide bonds. The first-order valence-electron chi connectivity index (χ1n) is 11.9. The van der Waals surface area contributed by atoms with Gasteiger partial charge >= 0.3 is 6.09 Å². The van der Waals surface area contributed by atoms with E-state index in [2.05, 4.69) is 5.32 Å². The molecule has 0 fully saturated rings. The van der Waals surface area contributed by atoms with Gasteiger partial charge in [-0.05, 0) is 59.5 Å². The zero-order valence-corrected chi connectivity index (χ0v) is 21.6. The van der Waals surface area contributed by atoms with Crippen molar-refractivity contribution in [2.45, 2.75) is 27.0 Å².